The molecule has 0 unspecified atom stereocenters. The van der Waals surface area contributed by atoms with Crippen molar-refractivity contribution in [1.29, 1.82) is 0 Å². The zero-order valence-corrected chi connectivity index (χ0v) is 8.94. The van der Waals surface area contributed by atoms with E-state index >= 15 is 0 Å². The number of nitrogens with zero attached hydrogens (tertiary/aromatic N) is 1. The number of ether oxygens (including phenoxy) is 1. The minimum absolute atomic E-state index is 0.0941. The number of hydrogen-bond donors (Lipinski definition) is 2. The Morgan fingerprint density at radius 1 is 1.53 bits per heavy atom. The van der Waals surface area contributed by atoms with Crippen LogP contribution in [0, 0.1) is 0 Å². The fourth-order valence-corrected chi connectivity index (χ4v) is 0.905. The molecule has 1 amide bonds. The van der Waals surface area contributed by atoms with Gasteiger partial charge in [-0.3, -0.25) is 10.3 Å². The number of aromatic nitrogens is 1. The van der Waals surface area contributed by atoms with Crippen LogP contribution >= 0.6 is 0 Å². The Balaban J connectivity index is 2.64. The van der Waals surface area contributed by atoms with E-state index in [1.807, 2.05) is 0 Å². The van der Waals surface area contributed by atoms with Gasteiger partial charge in [-0.05, 0) is 26.8 Å². The molecule has 5 heteroatoms. The van der Waals surface area contributed by atoms with Crippen molar-refractivity contribution in [2.24, 2.45) is 0 Å². The summed E-state index contributed by atoms with van der Waals surface area (Å²) in [4.78, 5) is 15.0. The quantitative estimate of drug-likeness (QED) is 0.744. The Kier molecular flexibility index (Phi) is 3.14. The lowest BCUT2D eigenvalue weighted by atomic mass is 10.2. The molecule has 5 nitrogen and oxygen atoms in total. The van der Waals surface area contributed by atoms with Gasteiger partial charge in [0.15, 0.2) is 5.75 Å². The molecular formula is C10H14N2O3. The molecule has 1 aromatic rings. The average Bonchev–Trinajstić information content (AvgIpc) is 2.05. The third-order valence-electron chi connectivity index (χ3n) is 1.44. The molecule has 2 N–H and O–H groups in total. The van der Waals surface area contributed by atoms with Crippen molar-refractivity contribution in [3.8, 4) is 5.75 Å². The summed E-state index contributed by atoms with van der Waals surface area (Å²) in [5.74, 6) is -0.0941. The summed E-state index contributed by atoms with van der Waals surface area (Å²) in [6.45, 7) is 5.29. The van der Waals surface area contributed by atoms with E-state index in [-0.39, 0.29) is 11.4 Å². The van der Waals surface area contributed by atoms with E-state index in [4.69, 9.17) is 4.74 Å². The van der Waals surface area contributed by atoms with Crippen LogP contribution in [0.25, 0.3) is 0 Å². The molecule has 1 rings (SSSR count). The van der Waals surface area contributed by atoms with E-state index in [0.717, 1.165) is 0 Å². The molecular weight excluding hydrogens is 196 g/mol. The Morgan fingerprint density at radius 2 is 2.20 bits per heavy atom. The first kappa shape index (κ1) is 11.3. The fourth-order valence-electron chi connectivity index (χ4n) is 0.905. The summed E-state index contributed by atoms with van der Waals surface area (Å²) >= 11 is 0. The minimum Gasteiger partial charge on any atom is -0.504 e. The number of anilines is 1. The van der Waals surface area contributed by atoms with E-state index < -0.39 is 11.7 Å². The van der Waals surface area contributed by atoms with Gasteiger partial charge in [0.25, 0.3) is 0 Å². The second-order valence-corrected chi connectivity index (χ2v) is 4.02. The van der Waals surface area contributed by atoms with Crippen LogP contribution in [0.3, 0.4) is 0 Å². The summed E-state index contributed by atoms with van der Waals surface area (Å²) in [7, 11) is 0. The zero-order chi connectivity index (χ0) is 11.5. The summed E-state index contributed by atoms with van der Waals surface area (Å²) < 4.78 is 5.02. The summed E-state index contributed by atoms with van der Waals surface area (Å²) in [5, 5.41) is 11.7. The number of pyridine rings is 1. The van der Waals surface area contributed by atoms with Crippen molar-refractivity contribution in [1.82, 2.24) is 4.98 Å². The largest absolute Gasteiger partial charge is 0.504 e. The normalized spacial score (nSPS) is 10.9. The van der Waals surface area contributed by atoms with E-state index in [0.29, 0.717) is 0 Å². The van der Waals surface area contributed by atoms with Gasteiger partial charge in [0.2, 0.25) is 0 Å². The van der Waals surface area contributed by atoms with Crippen molar-refractivity contribution in [3.63, 3.8) is 0 Å². The van der Waals surface area contributed by atoms with Crippen molar-refractivity contribution in [2.75, 3.05) is 5.32 Å². The molecule has 0 saturated carbocycles. The van der Waals surface area contributed by atoms with Crippen molar-refractivity contribution in [2.45, 2.75) is 26.4 Å². The lowest BCUT2D eigenvalue weighted by Gasteiger charge is -2.19. The van der Waals surface area contributed by atoms with Crippen LogP contribution in [0.1, 0.15) is 20.8 Å². The van der Waals surface area contributed by atoms with Gasteiger partial charge in [0.05, 0.1) is 11.9 Å². The third kappa shape index (κ3) is 3.84. The summed E-state index contributed by atoms with van der Waals surface area (Å²) in [6.07, 6.45) is 2.10. The SMILES string of the molecule is CC(C)(C)OC(=O)Nc1ccncc1O. The second-order valence-electron chi connectivity index (χ2n) is 4.02. The molecule has 0 bridgehead atoms. The number of rotatable bonds is 1. The highest BCUT2D eigenvalue weighted by Crippen LogP contribution is 2.20. The lowest BCUT2D eigenvalue weighted by Crippen LogP contribution is -2.27. The first-order chi connectivity index (χ1) is 6.88. The highest BCUT2D eigenvalue weighted by molar-refractivity contribution is 5.86. The maximum atomic E-state index is 11.3. The standard InChI is InChI=1S/C10H14N2O3/c1-10(2,3)15-9(14)12-7-4-5-11-6-8(7)13/h4-6,13H,1-3H3,(H,11,12,14). The van der Waals surface area contributed by atoms with Crippen LogP contribution < -0.4 is 5.32 Å². The van der Waals surface area contributed by atoms with Gasteiger partial charge >= 0.3 is 6.09 Å². The molecule has 1 aromatic heterocycles. The molecule has 0 saturated heterocycles. The van der Waals surface area contributed by atoms with Gasteiger partial charge in [-0.25, -0.2) is 4.79 Å². The predicted molar refractivity (Wildman–Crippen MR) is 55.8 cm³/mol. The van der Waals surface area contributed by atoms with Crippen molar-refractivity contribution >= 4 is 11.8 Å². The number of nitrogens with one attached hydrogen (secondary N) is 1. The fraction of sp³-hybridized carbons (Fsp3) is 0.400. The van der Waals surface area contributed by atoms with Crippen LogP contribution in [0.2, 0.25) is 0 Å². The summed E-state index contributed by atoms with van der Waals surface area (Å²) in [6, 6.07) is 1.49. The zero-order valence-electron chi connectivity index (χ0n) is 8.94. The third-order valence-corrected chi connectivity index (χ3v) is 1.44. The lowest BCUT2D eigenvalue weighted by molar-refractivity contribution is 0.0635. The molecule has 15 heavy (non-hydrogen) atoms. The number of aromatic hydroxyl groups is 1. The van der Waals surface area contributed by atoms with Crippen LogP contribution in [0.4, 0.5) is 10.5 Å². The highest BCUT2D eigenvalue weighted by atomic mass is 16.6. The molecule has 0 aliphatic heterocycles. The van der Waals surface area contributed by atoms with Crippen molar-refractivity contribution in [3.05, 3.63) is 18.5 Å². The highest BCUT2D eigenvalue weighted by Gasteiger charge is 2.16. The van der Waals surface area contributed by atoms with E-state index in [2.05, 4.69) is 10.3 Å². The topological polar surface area (TPSA) is 71.5 Å². The van der Waals surface area contributed by atoms with Gasteiger partial charge in [-0.2, -0.15) is 0 Å². The van der Waals surface area contributed by atoms with Gasteiger partial charge in [-0.15, -0.1) is 0 Å². The number of amides is 1. The Hall–Kier alpha value is -1.78. The van der Waals surface area contributed by atoms with Crippen LogP contribution in [-0.4, -0.2) is 21.8 Å². The number of hydrogen-bond acceptors (Lipinski definition) is 4. The Morgan fingerprint density at radius 3 is 2.73 bits per heavy atom. The Bertz CT molecular complexity index is 358. The molecule has 0 aliphatic rings. The van der Waals surface area contributed by atoms with E-state index in [9.17, 15) is 9.90 Å². The van der Waals surface area contributed by atoms with E-state index in [1.165, 1.54) is 18.5 Å². The first-order valence-corrected chi connectivity index (χ1v) is 4.51. The number of carbonyl (C=O) groups is 1. The van der Waals surface area contributed by atoms with Gasteiger partial charge < -0.3 is 9.84 Å². The number of carbonyl (C=O) groups excluding carboxylic acids is 1. The molecule has 0 aromatic carbocycles. The molecule has 0 aliphatic carbocycles. The maximum Gasteiger partial charge on any atom is 0.412 e. The van der Waals surface area contributed by atoms with E-state index in [1.54, 1.807) is 20.8 Å². The van der Waals surface area contributed by atoms with Gasteiger partial charge in [-0.1, -0.05) is 0 Å². The maximum absolute atomic E-state index is 11.3. The summed E-state index contributed by atoms with van der Waals surface area (Å²) in [5.41, 5.74) is -0.286. The second kappa shape index (κ2) is 4.16. The van der Waals surface area contributed by atoms with Crippen LogP contribution in [-0.2, 0) is 4.74 Å². The first-order valence-electron chi connectivity index (χ1n) is 4.51. The molecule has 82 valence electrons. The van der Waals surface area contributed by atoms with Crippen molar-refractivity contribution < 1.29 is 14.6 Å². The smallest absolute Gasteiger partial charge is 0.412 e. The molecule has 0 atom stereocenters. The van der Waals surface area contributed by atoms with Crippen LogP contribution in [0.15, 0.2) is 18.5 Å². The van der Waals surface area contributed by atoms with Crippen LogP contribution in [0.5, 0.6) is 5.75 Å². The monoisotopic (exact) mass is 210 g/mol. The molecule has 0 spiro atoms. The molecule has 1 heterocycles. The average molecular weight is 210 g/mol. The predicted octanol–water partition coefficient (Wildman–Crippen LogP) is 2.13. The van der Waals surface area contributed by atoms with Gasteiger partial charge in [0.1, 0.15) is 5.60 Å². The molecule has 0 radical (unpaired) electrons. The molecule has 0 fully saturated rings. The Labute approximate surface area is 88.1 Å². The minimum atomic E-state index is -0.607. The van der Waals surface area contributed by atoms with Gasteiger partial charge in [0, 0.05) is 6.20 Å².